The van der Waals surface area contributed by atoms with E-state index in [0.29, 0.717) is 11.3 Å². The summed E-state index contributed by atoms with van der Waals surface area (Å²) in [6.45, 7) is 0. The van der Waals surface area contributed by atoms with Gasteiger partial charge >= 0.3 is 5.97 Å². The van der Waals surface area contributed by atoms with Gasteiger partial charge in [-0.05, 0) is 29.8 Å². The summed E-state index contributed by atoms with van der Waals surface area (Å²) in [7, 11) is 1.38. The topological polar surface area (TPSA) is 57.0 Å². The number of carbonyl (C=O) groups is 1. The normalized spacial score (nSPS) is 10.5. The number of methoxy groups -OCH3 is 1. The van der Waals surface area contributed by atoms with Gasteiger partial charge < -0.3 is 4.74 Å². The van der Waals surface area contributed by atoms with Gasteiger partial charge in [0.05, 0.1) is 12.7 Å². The van der Waals surface area contributed by atoms with E-state index in [1.54, 1.807) is 24.2 Å². The van der Waals surface area contributed by atoms with Crippen molar-refractivity contribution in [2.24, 2.45) is 0 Å². The van der Waals surface area contributed by atoms with Crippen LogP contribution in [0.15, 0.2) is 66.1 Å². The summed E-state index contributed by atoms with van der Waals surface area (Å²) >= 11 is 1.57. The van der Waals surface area contributed by atoms with Crippen molar-refractivity contribution in [1.82, 2.24) is 14.8 Å². The van der Waals surface area contributed by atoms with Crippen molar-refractivity contribution in [2.45, 2.75) is 10.9 Å². The summed E-state index contributed by atoms with van der Waals surface area (Å²) in [5, 5.41) is 8.96. The van der Waals surface area contributed by atoms with E-state index in [-0.39, 0.29) is 5.97 Å². The van der Waals surface area contributed by atoms with Gasteiger partial charge in [0.2, 0.25) is 0 Å². The van der Waals surface area contributed by atoms with Gasteiger partial charge in [-0.25, -0.2) is 4.79 Å². The van der Waals surface area contributed by atoms with Crippen molar-refractivity contribution in [3.05, 3.63) is 72.1 Å². The van der Waals surface area contributed by atoms with E-state index in [4.69, 9.17) is 4.74 Å². The van der Waals surface area contributed by atoms with Crippen LogP contribution in [0.3, 0.4) is 0 Å². The highest BCUT2D eigenvalue weighted by molar-refractivity contribution is 7.98. The highest BCUT2D eigenvalue weighted by atomic mass is 32.2. The van der Waals surface area contributed by atoms with Gasteiger partial charge in [0.1, 0.15) is 6.33 Å². The standard InChI is InChI=1S/C17H15N3O2S/c1-22-16(21)14-7-5-6-13(10-14)11-23-17-19-18-12-20(17)15-8-3-2-4-9-15/h2-10,12H,11H2,1H3. The van der Waals surface area contributed by atoms with E-state index in [2.05, 4.69) is 10.2 Å². The quantitative estimate of drug-likeness (QED) is 0.532. The van der Waals surface area contributed by atoms with Crippen LogP contribution >= 0.6 is 11.8 Å². The minimum Gasteiger partial charge on any atom is -0.465 e. The van der Waals surface area contributed by atoms with Crippen molar-refractivity contribution < 1.29 is 9.53 Å². The van der Waals surface area contributed by atoms with Crippen LogP contribution in [0.2, 0.25) is 0 Å². The zero-order chi connectivity index (χ0) is 16.1. The number of nitrogens with zero attached hydrogens (tertiary/aromatic N) is 3. The smallest absolute Gasteiger partial charge is 0.337 e. The molecule has 1 aromatic heterocycles. The molecule has 0 unspecified atom stereocenters. The van der Waals surface area contributed by atoms with Crippen LogP contribution in [0.1, 0.15) is 15.9 Å². The Balaban J connectivity index is 1.75. The molecule has 0 N–H and O–H groups in total. The van der Waals surface area contributed by atoms with Crippen molar-refractivity contribution in [1.29, 1.82) is 0 Å². The average Bonchev–Trinajstić information content (AvgIpc) is 3.09. The average molecular weight is 325 g/mol. The summed E-state index contributed by atoms with van der Waals surface area (Å²) in [5.74, 6) is 0.361. The fourth-order valence-electron chi connectivity index (χ4n) is 2.14. The Hall–Kier alpha value is -2.60. The van der Waals surface area contributed by atoms with Gasteiger partial charge in [-0.1, -0.05) is 42.1 Å². The van der Waals surface area contributed by atoms with E-state index in [0.717, 1.165) is 16.4 Å². The van der Waals surface area contributed by atoms with Crippen molar-refractivity contribution in [2.75, 3.05) is 7.11 Å². The lowest BCUT2D eigenvalue weighted by Gasteiger charge is -2.06. The minimum absolute atomic E-state index is 0.329. The van der Waals surface area contributed by atoms with Crippen LogP contribution < -0.4 is 0 Å². The lowest BCUT2D eigenvalue weighted by Crippen LogP contribution is -2.01. The number of para-hydroxylation sites is 1. The van der Waals surface area contributed by atoms with Crippen LogP contribution in [0.25, 0.3) is 5.69 Å². The first-order valence-corrected chi connectivity index (χ1v) is 8.02. The Kier molecular flexibility index (Phi) is 4.73. The van der Waals surface area contributed by atoms with E-state index in [9.17, 15) is 4.79 Å². The molecule has 0 bridgehead atoms. The third kappa shape index (κ3) is 3.60. The van der Waals surface area contributed by atoms with Crippen molar-refractivity contribution in [3.63, 3.8) is 0 Å². The van der Waals surface area contributed by atoms with E-state index in [1.165, 1.54) is 7.11 Å². The molecule has 2 aromatic carbocycles. The Bertz CT molecular complexity index is 802. The number of ether oxygens (including phenoxy) is 1. The number of carbonyl (C=O) groups excluding carboxylic acids is 1. The molecule has 0 fully saturated rings. The van der Waals surface area contributed by atoms with Crippen LogP contribution in [-0.2, 0) is 10.5 Å². The Morgan fingerprint density at radius 3 is 2.78 bits per heavy atom. The largest absolute Gasteiger partial charge is 0.465 e. The SMILES string of the molecule is COC(=O)c1cccc(CSc2nncn2-c2ccccc2)c1. The first-order chi connectivity index (χ1) is 11.3. The molecule has 5 nitrogen and oxygen atoms in total. The molecule has 0 spiro atoms. The third-order valence-corrected chi connectivity index (χ3v) is 4.28. The van der Waals surface area contributed by atoms with Crippen LogP contribution in [-0.4, -0.2) is 27.8 Å². The number of esters is 1. The first kappa shape index (κ1) is 15.3. The zero-order valence-corrected chi connectivity index (χ0v) is 13.4. The molecule has 0 amide bonds. The molecule has 23 heavy (non-hydrogen) atoms. The molecule has 0 saturated carbocycles. The third-order valence-electron chi connectivity index (χ3n) is 3.27. The van der Waals surface area contributed by atoms with Crippen LogP contribution in [0.5, 0.6) is 0 Å². The molecule has 0 aliphatic heterocycles. The number of aromatic nitrogens is 3. The Morgan fingerprint density at radius 2 is 2.00 bits per heavy atom. The Labute approximate surface area is 138 Å². The molecule has 116 valence electrons. The summed E-state index contributed by atoms with van der Waals surface area (Å²) in [4.78, 5) is 11.6. The van der Waals surface area contributed by atoms with E-state index < -0.39 is 0 Å². The molecule has 0 atom stereocenters. The van der Waals surface area contributed by atoms with Gasteiger partial charge in [0, 0.05) is 11.4 Å². The molecule has 0 saturated heterocycles. The van der Waals surface area contributed by atoms with Gasteiger partial charge in [-0.2, -0.15) is 0 Å². The molecule has 6 heteroatoms. The predicted octanol–water partition coefficient (Wildman–Crippen LogP) is 3.35. The lowest BCUT2D eigenvalue weighted by atomic mass is 10.1. The minimum atomic E-state index is -0.329. The maximum Gasteiger partial charge on any atom is 0.337 e. The molecule has 1 heterocycles. The molecular weight excluding hydrogens is 310 g/mol. The van der Waals surface area contributed by atoms with Gasteiger partial charge in [0.15, 0.2) is 5.16 Å². The van der Waals surface area contributed by atoms with Crippen LogP contribution in [0, 0.1) is 0 Å². The second kappa shape index (κ2) is 7.11. The lowest BCUT2D eigenvalue weighted by molar-refractivity contribution is 0.0600. The first-order valence-electron chi connectivity index (χ1n) is 7.03. The molecular formula is C17H15N3O2S. The van der Waals surface area contributed by atoms with Gasteiger partial charge in [-0.3, -0.25) is 4.57 Å². The van der Waals surface area contributed by atoms with Crippen molar-refractivity contribution in [3.8, 4) is 5.69 Å². The molecule has 0 radical (unpaired) electrons. The predicted molar refractivity (Wildman–Crippen MR) is 88.7 cm³/mol. The van der Waals surface area contributed by atoms with Gasteiger partial charge in [-0.15, -0.1) is 10.2 Å². The summed E-state index contributed by atoms with van der Waals surface area (Å²) in [6.07, 6.45) is 1.70. The zero-order valence-electron chi connectivity index (χ0n) is 12.5. The van der Waals surface area contributed by atoms with E-state index >= 15 is 0 Å². The van der Waals surface area contributed by atoms with Crippen molar-refractivity contribution >= 4 is 17.7 Å². The highest BCUT2D eigenvalue weighted by Crippen LogP contribution is 2.23. The van der Waals surface area contributed by atoms with E-state index in [1.807, 2.05) is 53.1 Å². The number of thioether (sulfide) groups is 1. The molecule has 3 rings (SSSR count). The Morgan fingerprint density at radius 1 is 1.17 bits per heavy atom. The summed E-state index contributed by atoms with van der Waals surface area (Å²) < 4.78 is 6.69. The summed E-state index contributed by atoms with van der Waals surface area (Å²) in [5.41, 5.74) is 2.60. The number of benzene rings is 2. The highest BCUT2D eigenvalue weighted by Gasteiger charge is 2.09. The van der Waals surface area contributed by atoms with Gasteiger partial charge in [0.25, 0.3) is 0 Å². The second-order valence-corrected chi connectivity index (χ2v) is 5.74. The maximum atomic E-state index is 11.6. The molecule has 0 aliphatic rings. The monoisotopic (exact) mass is 325 g/mol. The molecule has 0 aliphatic carbocycles. The number of hydrogen-bond acceptors (Lipinski definition) is 5. The number of rotatable bonds is 5. The summed E-state index contributed by atoms with van der Waals surface area (Å²) in [6, 6.07) is 17.3. The fraction of sp³-hybridized carbons (Fsp3) is 0.118. The number of hydrogen-bond donors (Lipinski definition) is 0. The fourth-order valence-corrected chi connectivity index (χ4v) is 3.01. The van der Waals surface area contributed by atoms with Crippen LogP contribution in [0.4, 0.5) is 0 Å². The second-order valence-electron chi connectivity index (χ2n) is 4.80. The molecule has 3 aromatic rings. The maximum absolute atomic E-state index is 11.6.